The van der Waals surface area contributed by atoms with Gasteiger partial charge in [-0.3, -0.25) is 13.9 Å². The number of hydrogen-bond acceptors (Lipinski definition) is 4. The lowest BCUT2D eigenvalue weighted by atomic mass is 10.0. The summed E-state index contributed by atoms with van der Waals surface area (Å²) in [4.78, 5) is 28.4. The Morgan fingerprint density at radius 2 is 1.62 bits per heavy atom. The maximum Gasteiger partial charge on any atom is 0.244 e. The molecule has 3 rings (SSSR count). The molecule has 3 aromatic rings. The molecule has 0 radical (unpaired) electrons. The molecule has 10 heteroatoms. The summed E-state index contributed by atoms with van der Waals surface area (Å²) < 4.78 is 41.4. The minimum Gasteiger partial charge on any atom is -0.355 e. The lowest BCUT2D eigenvalue weighted by molar-refractivity contribution is -0.140. The first-order chi connectivity index (χ1) is 17.6. The number of halogens is 2. The van der Waals surface area contributed by atoms with Crippen molar-refractivity contribution in [1.82, 2.24) is 10.2 Å². The average Bonchev–Trinajstić information content (AvgIpc) is 2.85. The Balaban J connectivity index is 2.05. The first-order valence-corrected chi connectivity index (χ1v) is 14.3. The van der Waals surface area contributed by atoms with Crippen LogP contribution in [0.3, 0.4) is 0 Å². The highest BCUT2D eigenvalue weighted by molar-refractivity contribution is 9.10. The van der Waals surface area contributed by atoms with Gasteiger partial charge in [0.15, 0.2) is 0 Å². The van der Waals surface area contributed by atoms with Crippen LogP contribution in [0.15, 0.2) is 83.3 Å². The van der Waals surface area contributed by atoms with Crippen molar-refractivity contribution in [2.24, 2.45) is 0 Å². The first-order valence-electron chi connectivity index (χ1n) is 11.7. The predicted molar refractivity (Wildman–Crippen MR) is 146 cm³/mol. The van der Waals surface area contributed by atoms with Gasteiger partial charge in [-0.1, -0.05) is 70.5 Å². The van der Waals surface area contributed by atoms with Crippen molar-refractivity contribution < 1.29 is 22.4 Å². The summed E-state index contributed by atoms with van der Waals surface area (Å²) in [5.74, 6) is -1.78. The van der Waals surface area contributed by atoms with Gasteiger partial charge in [-0.2, -0.15) is 0 Å². The van der Waals surface area contributed by atoms with Crippen molar-refractivity contribution in [3.8, 4) is 0 Å². The first kappa shape index (κ1) is 28.3. The van der Waals surface area contributed by atoms with Crippen molar-refractivity contribution >= 4 is 43.5 Å². The molecular weight excluding hydrogens is 561 g/mol. The zero-order valence-corrected chi connectivity index (χ0v) is 23.0. The number of sulfonamides is 1. The van der Waals surface area contributed by atoms with Crippen LogP contribution in [0.2, 0.25) is 0 Å². The number of nitrogens with one attached hydrogen (secondary N) is 1. The quantitative estimate of drug-likeness (QED) is 0.364. The molecule has 0 aliphatic carbocycles. The van der Waals surface area contributed by atoms with Crippen LogP contribution in [0, 0.1) is 5.82 Å². The van der Waals surface area contributed by atoms with Crippen molar-refractivity contribution in [1.29, 1.82) is 0 Å². The molecule has 0 aliphatic heterocycles. The summed E-state index contributed by atoms with van der Waals surface area (Å²) in [5, 5.41) is 2.79. The van der Waals surface area contributed by atoms with E-state index in [1.165, 1.54) is 23.1 Å². The van der Waals surface area contributed by atoms with E-state index >= 15 is 0 Å². The standard InChI is InChI=1S/C27H29BrFN3O4S/c1-3-30-27(34)25(17-20-10-5-4-6-11-20)31(18-21-12-9-13-22(28)16-21)26(33)19-32(37(2,35)36)24-15-8-7-14-23(24)29/h4-16,25H,3,17-19H2,1-2H3,(H,30,34). The fraction of sp³-hybridized carbons (Fsp3) is 0.259. The maximum absolute atomic E-state index is 14.6. The van der Waals surface area contributed by atoms with E-state index in [1.54, 1.807) is 6.92 Å². The molecule has 0 spiro atoms. The number of benzene rings is 3. The minimum absolute atomic E-state index is 0.0434. The van der Waals surface area contributed by atoms with Gasteiger partial charge in [0.05, 0.1) is 11.9 Å². The Labute approximate surface area is 225 Å². The smallest absolute Gasteiger partial charge is 0.244 e. The van der Waals surface area contributed by atoms with E-state index in [0.29, 0.717) is 6.54 Å². The largest absolute Gasteiger partial charge is 0.355 e. The molecule has 0 aromatic heterocycles. The Morgan fingerprint density at radius 1 is 0.973 bits per heavy atom. The van der Waals surface area contributed by atoms with Gasteiger partial charge in [-0.15, -0.1) is 0 Å². The van der Waals surface area contributed by atoms with Crippen molar-refractivity contribution in [2.45, 2.75) is 25.9 Å². The number of para-hydroxylation sites is 1. The van der Waals surface area contributed by atoms with Crippen LogP contribution in [0.25, 0.3) is 0 Å². The third-order valence-electron chi connectivity index (χ3n) is 5.66. The topological polar surface area (TPSA) is 86.8 Å². The molecule has 1 atom stereocenters. The summed E-state index contributed by atoms with van der Waals surface area (Å²) in [7, 11) is -4.03. The number of hydrogen-bond donors (Lipinski definition) is 1. The fourth-order valence-electron chi connectivity index (χ4n) is 3.93. The number of nitrogens with zero attached hydrogens (tertiary/aromatic N) is 2. The van der Waals surface area contributed by atoms with E-state index in [1.807, 2.05) is 54.6 Å². The van der Waals surface area contributed by atoms with Crippen LogP contribution in [0.5, 0.6) is 0 Å². The molecule has 37 heavy (non-hydrogen) atoms. The molecule has 196 valence electrons. The number of anilines is 1. The SMILES string of the molecule is CCNC(=O)C(Cc1ccccc1)N(Cc1cccc(Br)c1)C(=O)CN(c1ccccc1F)S(C)(=O)=O. The van der Waals surface area contributed by atoms with E-state index in [4.69, 9.17) is 0 Å². The van der Waals surface area contributed by atoms with Gasteiger partial charge in [0, 0.05) is 24.0 Å². The third-order valence-corrected chi connectivity index (χ3v) is 7.28. The van der Waals surface area contributed by atoms with Gasteiger partial charge >= 0.3 is 0 Å². The van der Waals surface area contributed by atoms with Crippen molar-refractivity contribution in [2.75, 3.05) is 23.7 Å². The number of carbonyl (C=O) groups is 2. The number of carbonyl (C=O) groups excluding carboxylic acids is 2. The molecule has 0 saturated heterocycles. The van der Waals surface area contributed by atoms with E-state index < -0.39 is 34.3 Å². The van der Waals surface area contributed by atoms with Crippen LogP contribution in [0.1, 0.15) is 18.1 Å². The summed E-state index contributed by atoms with van der Waals surface area (Å²) in [6, 6.07) is 21.0. The van der Waals surface area contributed by atoms with Crippen LogP contribution in [-0.2, 0) is 32.6 Å². The van der Waals surface area contributed by atoms with Crippen LogP contribution < -0.4 is 9.62 Å². The summed E-state index contributed by atoms with van der Waals surface area (Å²) in [6.45, 7) is 1.51. The molecule has 7 nitrogen and oxygen atoms in total. The average molecular weight is 591 g/mol. The second-order valence-electron chi connectivity index (χ2n) is 8.47. The monoisotopic (exact) mass is 589 g/mol. The predicted octanol–water partition coefficient (Wildman–Crippen LogP) is 4.13. The van der Waals surface area contributed by atoms with Gasteiger partial charge in [-0.25, -0.2) is 12.8 Å². The molecule has 0 heterocycles. The van der Waals surface area contributed by atoms with Gasteiger partial charge < -0.3 is 10.2 Å². The maximum atomic E-state index is 14.6. The molecule has 3 aromatic carbocycles. The molecule has 0 bridgehead atoms. The van der Waals surface area contributed by atoms with Crippen LogP contribution in [0.4, 0.5) is 10.1 Å². The van der Waals surface area contributed by atoms with Gasteiger partial charge in [-0.05, 0) is 42.3 Å². The zero-order valence-electron chi connectivity index (χ0n) is 20.6. The Bertz CT molecular complexity index is 1340. The molecule has 0 fully saturated rings. The second kappa shape index (κ2) is 12.8. The number of rotatable bonds is 11. The van der Waals surface area contributed by atoms with Gasteiger partial charge in [0.2, 0.25) is 21.8 Å². The third kappa shape index (κ3) is 7.87. The summed E-state index contributed by atoms with van der Waals surface area (Å²) in [6.07, 6.45) is 1.13. The molecule has 2 amide bonds. The minimum atomic E-state index is -4.03. The van der Waals surface area contributed by atoms with Crippen molar-refractivity contribution in [3.05, 3.63) is 100 Å². The highest BCUT2D eigenvalue weighted by Crippen LogP contribution is 2.23. The molecule has 1 unspecified atom stereocenters. The van der Waals surface area contributed by atoms with E-state index in [-0.39, 0.29) is 24.6 Å². The van der Waals surface area contributed by atoms with Crippen molar-refractivity contribution in [3.63, 3.8) is 0 Å². The Hall–Kier alpha value is -3.24. The van der Waals surface area contributed by atoms with Crippen LogP contribution >= 0.6 is 15.9 Å². The fourth-order valence-corrected chi connectivity index (χ4v) is 5.22. The molecular formula is C27H29BrFN3O4S. The number of likely N-dealkylation sites (N-methyl/N-ethyl adjacent to an activating group) is 1. The molecule has 1 N–H and O–H groups in total. The Kier molecular flexibility index (Phi) is 9.82. The van der Waals surface area contributed by atoms with E-state index in [2.05, 4.69) is 21.2 Å². The van der Waals surface area contributed by atoms with E-state index in [9.17, 15) is 22.4 Å². The van der Waals surface area contributed by atoms with Gasteiger partial charge in [0.25, 0.3) is 0 Å². The summed E-state index contributed by atoms with van der Waals surface area (Å²) >= 11 is 3.43. The normalized spacial score (nSPS) is 12.0. The van der Waals surface area contributed by atoms with Crippen LogP contribution in [-0.4, -0.2) is 50.5 Å². The zero-order chi connectivity index (χ0) is 27.0. The van der Waals surface area contributed by atoms with Gasteiger partial charge in [0.1, 0.15) is 18.4 Å². The molecule has 0 aliphatic rings. The molecule has 0 saturated carbocycles. The highest BCUT2D eigenvalue weighted by atomic mass is 79.9. The summed E-state index contributed by atoms with van der Waals surface area (Å²) in [5.41, 5.74) is 1.33. The highest BCUT2D eigenvalue weighted by Gasteiger charge is 2.33. The Morgan fingerprint density at radius 3 is 2.24 bits per heavy atom. The lowest BCUT2D eigenvalue weighted by Gasteiger charge is -2.33. The lowest BCUT2D eigenvalue weighted by Crippen LogP contribution is -2.53. The number of amides is 2. The van der Waals surface area contributed by atoms with E-state index in [0.717, 1.165) is 32.2 Å². The second-order valence-corrected chi connectivity index (χ2v) is 11.3.